The number of fused-ring (bicyclic) bond motifs is 1. The van der Waals surface area contributed by atoms with Gasteiger partial charge in [-0.25, -0.2) is 0 Å². The number of para-hydroxylation sites is 1. The number of benzene rings is 2. The summed E-state index contributed by atoms with van der Waals surface area (Å²) < 4.78 is 0. The van der Waals surface area contributed by atoms with Crippen LogP contribution in [0.2, 0.25) is 0 Å². The summed E-state index contributed by atoms with van der Waals surface area (Å²) in [5.41, 5.74) is 5.00. The normalized spacial score (nSPS) is 23.4. The highest BCUT2D eigenvalue weighted by Crippen LogP contribution is 2.28. The van der Waals surface area contributed by atoms with E-state index in [2.05, 4.69) is 100 Å². The van der Waals surface area contributed by atoms with Crippen molar-refractivity contribution in [2.24, 2.45) is 0 Å². The van der Waals surface area contributed by atoms with E-state index in [0.717, 1.165) is 26.2 Å². The molecule has 33 heavy (non-hydrogen) atoms. The zero-order valence-electron chi connectivity index (χ0n) is 20.4. The molecule has 0 bridgehead atoms. The van der Waals surface area contributed by atoms with Gasteiger partial charge in [-0.2, -0.15) is 0 Å². The summed E-state index contributed by atoms with van der Waals surface area (Å²) in [5, 5.41) is 5.12. The Balaban J connectivity index is 1.12. The van der Waals surface area contributed by atoms with E-state index in [-0.39, 0.29) is 0 Å². The second-order valence-electron chi connectivity index (χ2n) is 10.2. The molecule has 5 nitrogen and oxygen atoms in total. The Hall–Kier alpha value is -2.34. The summed E-state index contributed by atoms with van der Waals surface area (Å²) in [6.07, 6.45) is 2.43. The van der Waals surface area contributed by atoms with Crippen molar-refractivity contribution in [3.8, 4) is 11.3 Å². The molecule has 2 fully saturated rings. The predicted octanol–water partition coefficient (Wildman–Crippen LogP) is 4.42. The van der Waals surface area contributed by atoms with Crippen LogP contribution in [0, 0.1) is 0 Å². The molecule has 0 aliphatic carbocycles. The Morgan fingerprint density at radius 2 is 1.70 bits per heavy atom. The lowest BCUT2D eigenvalue weighted by molar-refractivity contribution is 0.0602. The number of hydrogen-bond acceptors (Lipinski definition) is 4. The van der Waals surface area contributed by atoms with Crippen LogP contribution in [0.3, 0.4) is 0 Å². The van der Waals surface area contributed by atoms with Crippen LogP contribution in [0.25, 0.3) is 22.2 Å². The van der Waals surface area contributed by atoms with Crippen molar-refractivity contribution in [1.29, 1.82) is 0 Å². The van der Waals surface area contributed by atoms with Gasteiger partial charge in [0.05, 0.1) is 0 Å². The average molecular weight is 446 g/mol. The topological polar surface area (TPSA) is 37.5 Å². The second kappa shape index (κ2) is 9.88. The van der Waals surface area contributed by atoms with Gasteiger partial charge >= 0.3 is 0 Å². The van der Waals surface area contributed by atoms with Crippen molar-refractivity contribution < 1.29 is 0 Å². The molecular formula is C28H39N5. The number of likely N-dealkylation sites (N-methyl/N-ethyl adjacent to an activating group) is 1. The maximum atomic E-state index is 3.85. The molecule has 0 spiro atoms. The number of nitrogens with zero attached hydrogens (tertiary/aromatic N) is 3. The minimum atomic E-state index is 0.639. The fraction of sp³-hybridized carbons (Fsp3) is 0.500. The predicted molar refractivity (Wildman–Crippen MR) is 140 cm³/mol. The first-order valence-electron chi connectivity index (χ1n) is 12.7. The summed E-state index contributed by atoms with van der Waals surface area (Å²) in [6.45, 7) is 11.6. The van der Waals surface area contributed by atoms with E-state index in [9.17, 15) is 0 Å². The van der Waals surface area contributed by atoms with Gasteiger partial charge in [0.1, 0.15) is 0 Å². The van der Waals surface area contributed by atoms with E-state index in [1.54, 1.807) is 0 Å². The van der Waals surface area contributed by atoms with Crippen LogP contribution in [-0.2, 0) is 0 Å². The quantitative estimate of drug-likeness (QED) is 0.589. The largest absolute Gasteiger partial charge is 0.371 e. The van der Waals surface area contributed by atoms with Crippen molar-refractivity contribution in [3.05, 3.63) is 54.6 Å². The summed E-state index contributed by atoms with van der Waals surface area (Å²) in [6, 6.07) is 21.7. The molecule has 2 aliphatic rings. The van der Waals surface area contributed by atoms with Crippen LogP contribution in [0.5, 0.6) is 0 Å². The van der Waals surface area contributed by atoms with E-state index in [1.807, 2.05) is 0 Å². The molecule has 2 N–H and O–H groups in total. The first-order chi connectivity index (χ1) is 16.1. The Kier molecular flexibility index (Phi) is 6.72. The lowest BCUT2D eigenvalue weighted by atomic mass is 10.0. The van der Waals surface area contributed by atoms with Gasteiger partial charge in [-0.15, -0.1) is 0 Å². The van der Waals surface area contributed by atoms with Gasteiger partial charge in [-0.05, 0) is 63.6 Å². The van der Waals surface area contributed by atoms with Crippen LogP contribution >= 0.6 is 0 Å². The molecule has 2 aromatic carbocycles. The molecule has 176 valence electrons. The van der Waals surface area contributed by atoms with Crippen molar-refractivity contribution in [1.82, 2.24) is 20.1 Å². The molecule has 3 aromatic rings. The van der Waals surface area contributed by atoms with Crippen molar-refractivity contribution in [3.63, 3.8) is 0 Å². The highest BCUT2D eigenvalue weighted by atomic mass is 15.3. The Bertz CT molecular complexity index is 1010. The lowest BCUT2D eigenvalue weighted by Crippen LogP contribution is -2.56. The van der Waals surface area contributed by atoms with Crippen LogP contribution < -0.4 is 10.2 Å². The Morgan fingerprint density at radius 3 is 2.45 bits per heavy atom. The van der Waals surface area contributed by atoms with Crippen molar-refractivity contribution in [2.75, 3.05) is 51.2 Å². The molecule has 5 rings (SSSR count). The van der Waals surface area contributed by atoms with Crippen molar-refractivity contribution in [2.45, 2.75) is 44.8 Å². The van der Waals surface area contributed by atoms with E-state index < -0.39 is 0 Å². The number of piperidine rings is 1. The molecule has 0 unspecified atom stereocenters. The number of hydrogen-bond donors (Lipinski definition) is 2. The SMILES string of the molecule is C[C@@H]1CN(CCNC2CCN(c3cccc(-c4cc5ccccc5[nH]4)c3)CC2)C[C@H](C)N1C. The van der Waals surface area contributed by atoms with Gasteiger partial charge in [0.15, 0.2) is 0 Å². The molecular weight excluding hydrogens is 406 g/mol. The highest BCUT2D eigenvalue weighted by Gasteiger charge is 2.26. The lowest BCUT2D eigenvalue weighted by Gasteiger charge is -2.42. The van der Waals surface area contributed by atoms with Crippen LogP contribution in [0.15, 0.2) is 54.6 Å². The molecule has 2 aliphatic heterocycles. The minimum absolute atomic E-state index is 0.639. The molecule has 1 aromatic heterocycles. The maximum absolute atomic E-state index is 3.85. The molecule has 5 heteroatoms. The summed E-state index contributed by atoms with van der Waals surface area (Å²) >= 11 is 0. The monoisotopic (exact) mass is 445 g/mol. The third kappa shape index (κ3) is 5.11. The zero-order valence-corrected chi connectivity index (χ0v) is 20.4. The summed E-state index contributed by atoms with van der Waals surface area (Å²) in [4.78, 5) is 11.3. The average Bonchev–Trinajstić information content (AvgIpc) is 3.28. The Morgan fingerprint density at radius 1 is 0.939 bits per heavy atom. The standard InChI is InChI=1S/C28H39N5/c1-21-19-32(20-22(2)31(21)3)16-13-29-25-11-14-33(15-12-25)26-9-6-8-23(17-26)28-18-24-7-4-5-10-27(24)30-28/h4-10,17-18,21-22,25,29-30H,11-16,19-20H2,1-3H3/t21-,22+. The zero-order chi connectivity index (χ0) is 22.8. The Labute approximate surface area is 198 Å². The summed E-state index contributed by atoms with van der Waals surface area (Å²) in [7, 11) is 2.26. The third-order valence-corrected chi connectivity index (χ3v) is 7.84. The van der Waals surface area contributed by atoms with Crippen LogP contribution in [0.1, 0.15) is 26.7 Å². The number of anilines is 1. The van der Waals surface area contributed by atoms with Crippen molar-refractivity contribution >= 4 is 16.6 Å². The molecule has 0 radical (unpaired) electrons. The van der Waals surface area contributed by atoms with Gasteiger partial charge < -0.3 is 15.2 Å². The van der Waals surface area contributed by atoms with Crippen LogP contribution in [0.4, 0.5) is 5.69 Å². The minimum Gasteiger partial charge on any atom is -0.371 e. The number of piperazine rings is 1. The highest BCUT2D eigenvalue weighted by molar-refractivity contribution is 5.86. The fourth-order valence-corrected chi connectivity index (χ4v) is 5.56. The number of aromatic nitrogens is 1. The first kappa shape index (κ1) is 22.5. The second-order valence-corrected chi connectivity index (χ2v) is 10.2. The third-order valence-electron chi connectivity index (χ3n) is 7.84. The fourth-order valence-electron chi connectivity index (χ4n) is 5.56. The van der Waals surface area contributed by atoms with E-state index in [4.69, 9.17) is 0 Å². The molecule has 0 saturated carbocycles. The van der Waals surface area contributed by atoms with Gasteiger partial charge in [0.2, 0.25) is 0 Å². The number of rotatable bonds is 6. The first-order valence-corrected chi connectivity index (χ1v) is 12.7. The van der Waals surface area contributed by atoms with Gasteiger partial charge in [-0.1, -0.05) is 30.3 Å². The van der Waals surface area contributed by atoms with Gasteiger partial charge in [0, 0.05) is 79.7 Å². The number of H-pyrrole nitrogens is 1. The molecule has 3 heterocycles. The number of aromatic amines is 1. The molecule has 2 atom stereocenters. The van der Waals surface area contributed by atoms with Crippen LogP contribution in [-0.4, -0.2) is 79.2 Å². The maximum Gasteiger partial charge on any atom is 0.0465 e. The van der Waals surface area contributed by atoms with Gasteiger partial charge in [0.25, 0.3) is 0 Å². The van der Waals surface area contributed by atoms with Gasteiger partial charge in [-0.3, -0.25) is 9.80 Å². The smallest absolute Gasteiger partial charge is 0.0465 e. The summed E-state index contributed by atoms with van der Waals surface area (Å²) in [5.74, 6) is 0. The molecule has 0 amide bonds. The molecule has 2 saturated heterocycles. The van der Waals surface area contributed by atoms with E-state index in [0.29, 0.717) is 18.1 Å². The van der Waals surface area contributed by atoms with E-state index in [1.165, 1.54) is 53.8 Å². The number of nitrogens with one attached hydrogen (secondary N) is 2. The van der Waals surface area contributed by atoms with E-state index >= 15 is 0 Å².